The highest BCUT2D eigenvalue weighted by atomic mass is 16.2. The Labute approximate surface area is 181 Å². The van der Waals surface area contributed by atoms with Crippen molar-refractivity contribution in [3.05, 3.63) is 39.9 Å². The number of hydrogen-bond donors (Lipinski definition) is 1. The van der Waals surface area contributed by atoms with Gasteiger partial charge in [0.2, 0.25) is 5.65 Å². The number of fused-ring (bicyclic) bond motifs is 3. The molecule has 0 aliphatic carbocycles. The summed E-state index contributed by atoms with van der Waals surface area (Å²) < 4.78 is 1.82. The molecule has 0 radical (unpaired) electrons. The highest BCUT2D eigenvalue weighted by molar-refractivity contribution is 5.97. The van der Waals surface area contributed by atoms with Gasteiger partial charge in [-0.1, -0.05) is 13.3 Å². The van der Waals surface area contributed by atoms with Crippen LogP contribution in [0.5, 0.6) is 0 Å². The minimum absolute atomic E-state index is 0.0393. The molecule has 0 unspecified atom stereocenters. The lowest BCUT2D eigenvalue weighted by molar-refractivity contribution is 0.0590. The number of carbonyl (C=O) groups excluding carboxylic acids is 1. The van der Waals surface area contributed by atoms with Crippen LogP contribution >= 0.6 is 0 Å². The quantitative estimate of drug-likeness (QED) is 0.698. The number of H-pyrrole nitrogens is 1. The van der Waals surface area contributed by atoms with Crippen molar-refractivity contribution in [2.75, 3.05) is 26.2 Å². The van der Waals surface area contributed by atoms with Crippen LogP contribution in [0.25, 0.3) is 16.7 Å². The lowest BCUT2D eigenvalue weighted by Crippen LogP contribution is -2.48. The summed E-state index contributed by atoms with van der Waals surface area (Å²) in [5.41, 5.74) is 2.10. The second-order valence-corrected chi connectivity index (χ2v) is 8.83. The van der Waals surface area contributed by atoms with Gasteiger partial charge in [0.05, 0.1) is 11.0 Å². The fraction of sp³-hybridized carbons (Fsp3) is 0.565. The molecule has 1 aromatic carbocycles. The minimum Gasteiger partial charge on any atom is -0.339 e. The number of nitrogens with zero attached hydrogens (tertiary/aromatic N) is 5. The smallest absolute Gasteiger partial charge is 0.294 e. The molecule has 164 valence electrons. The highest BCUT2D eigenvalue weighted by Gasteiger charge is 2.28. The Balaban J connectivity index is 1.38. The van der Waals surface area contributed by atoms with E-state index >= 15 is 0 Å². The number of amides is 1. The summed E-state index contributed by atoms with van der Waals surface area (Å²) in [4.78, 5) is 33.1. The van der Waals surface area contributed by atoms with Crippen molar-refractivity contribution in [2.24, 2.45) is 0 Å². The van der Waals surface area contributed by atoms with E-state index in [1.807, 2.05) is 21.4 Å². The molecule has 31 heavy (non-hydrogen) atoms. The molecule has 0 saturated carbocycles. The van der Waals surface area contributed by atoms with Crippen LogP contribution in [0.4, 0.5) is 0 Å². The van der Waals surface area contributed by atoms with E-state index in [-0.39, 0.29) is 11.5 Å². The zero-order valence-corrected chi connectivity index (χ0v) is 18.1. The molecule has 5 rings (SSSR count). The largest absolute Gasteiger partial charge is 0.339 e. The van der Waals surface area contributed by atoms with Crippen LogP contribution in [0.2, 0.25) is 0 Å². The van der Waals surface area contributed by atoms with Crippen molar-refractivity contribution >= 4 is 22.6 Å². The maximum atomic E-state index is 13.2. The van der Waals surface area contributed by atoms with E-state index in [9.17, 15) is 9.59 Å². The summed E-state index contributed by atoms with van der Waals surface area (Å²) in [5, 5.41) is 8.24. The molecule has 1 amide bonds. The lowest BCUT2D eigenvalue weighted by atomic mass is 9.99. The molecule has 0 bridgehead atoms. The van der Waals surface area contributed by atoms with Crippen molar-refractivity contribution in [3.8, 4) is 0 Å². The normalized spacial score (nSPS) is 18.8. The molecule has 2 aromatic heterocycles. The van der Waals surface area contributed by atoms with Gasteiger partial charge in [0.1, 0.15) is 5.82 Å². The second kappa shape index (κ2) is 8.42. The van der Waals surface area contributed by atoms with Crippen molar-refractivity contribution in [2.45, 2.75) is 57.9 Å². The standard InChI is InChI=1S/C23H30N6O2/c1-2-6-20-25-26-21-22(30)24-18-15-16(7-8-19(18)29(20)21)23(31)28-13-9-17(10-14-28)27-11-4-3-5-12-27/h7-8,15,17H,2-6,9-14H2,1H3,(H,24,30). The number of aromatic amines is 1. The minimum atomic E-state index is -0.283. The average Bonchev–Trinajstić information content (AvgIpc) is 3.24. The maximum Gasteiger partial charge on any atom is 0.294 e. The van der Waals surface area contributed by atoms with Crippen molar-refractivity contribution in [1.29, 1.82) is 0 Å². The first-order valence-corrected chi connectivity index (χ1v) is 11.6. The second-order valence-electron chi connectivity index (χ2n) is 8.83. The van der Waals surface area contributed by atoms with E-state index in [4.69, 9.17) is 0 Å². The number of hydrogen-bond acceptors (Lipinski definition) is 5. The van der Waals surface area contributed by atoms with Gasteiger partial charge in [0, 0.05) is 31.1 Å². The first kappa shape index (κ1) is 20.2. The third-order valence-electron chi connectivity index (χ3n) is 6.80. The number of aryl methyl sites for hydroxylation is 1. The topological polar surface area (TPSA) is 86.6 Å². The van der Waals surface area contributed by atoms with Gasteiger partial charge >= 0.3 is 0 Å². The third kappa shape index (κ3) is 3.73. The van der Waals surface area contributed by atoms with Crippen LogP contribution in [0.1, 0.15) is 61.6 Å². The SMILES string of the molecule is CCCc1nnc2c(=O)[nH]c3cc(C(=O)N4CCC(N5CCCCC5)CC4)ccc3n12. The van der Waals surface area contributed by atoms with Gasteiger partial charge in [-0.05, 0) is 63.4 Å². The molecule has 3 aromatic rings. The Morgan fingerprint density at radius 2 is 1.87 bits per heavy atom. The van der Waals surface area contributed by atoms with Crippen molar-refractivity contribution in [1.82, 2.24) is 29.4 Å². The number of rotatable bonds is 4. The Hall–Kier alpha value is -2.74. The van der Waals surface area contributed by atoms with E-state index in [1.54, 1.807) is 6.07 Å². The number of nitrogens with one attached hydrogen (secondary N) is 1. The van der Waals surface area contributed by atoms with E-state index in [2.05, 4.69) is 27.0 Å². The Morgan fingerprint density at radius 1 is 1.10 bits per heavy atom. The van der Waals surface area contributed by atoms with Crippen molar-refractivity contribution < 1.29 is 4.79 Å². The van der Waals surface area contributed by atoms with E-state index in [0.717, 1.165) is 50.1 Å². The van der Waals surface area contributed by atoms with Gasteiger partial charge < -0.3 is 14.8 Å². The van der Waals surface area contributed by atoms with E-state index in [0.29, 0.717) is 22.8 Å². The zero-order valence-electron chi connectivity index (χ0n) is 18.1. The predicted octanol–water partition coefficient (Wildman–Crippen LogP) is 2.61. The molecule has 0 atom stereocenters. The highest BCUT2D eigenvalue weighted by Crippen LogP contribution is 2.23. The van der Waals surface area contributed by atoms with Gasteiger partial charge in [0.25, 0.3) is 11.5 Å². The summed E-state index contributed by atoms with van der Waals surface area (Å²) in [5.74, 6) is 0.810. The summed E-state index contributed by atoms with van der Waals surface area (Å²) >= 11 is 0. The molecule has 2 aliphatic heterocycles. The molecule has 8 heteroatoms. The van der Waals surface area contributed by atoms with Gasteiger partial charge in [0.15, 0.2) is 0 Å². The lowest BCUT2D eigenvalue weighted by Gasteiger charge is -2.40. The average molecular weight is 423 g/mol. The first-order valence-electron chi connectivity index (χ1n) is 11.6. The number of carbonyl (C=O) groups is 1. The summed E-state index contributed by atoms with van der Waals surface area (Å²) in [6.45, 7) is 6.06. The van der Waals surface area contributed by atoms with Crippen LogP contribution in [0, 0.1) is 0 Å². The van der Waals surface area contributed by atoms with Gasteiger partial charge in [-0.15, -0.1) is 10.2 Å². The summed E-state index contributed by atoms with van der Waals surface area (Å²) in [6, 6.07) is 6.16. The van der Waals surface area contributed by atoms with Gasteiger partial charge in [-0.3, -0.25) is 14.0 Å². The fourth-order valence-corrected chi connectivity index (χ4v) is 5.14. The summed E-state index contributed by atoms with van der Waals surface area (Å²) in [6.07, 6.45) is 7.68. The molecule has 2 aliphatic rings. The van der Waals surface area contributed by atoms with Gasteiger partial charge in [-0.25, -0.2) is 0 Å². The first-order chi connectivity index (χ1) is 15.2. The number of piperidine rings is 2. The maximum absolute atomic E-state index is 13.2. The monoisotopic (exact) mass is 422 g/mol. The van der Waals surface area contributed by atoms with Crippen LogP contribution < -0.4 is 5.56 Å². The van der Waals surface area contributed by atoms with Crippen molar-refractivity contribution in [3.63, 3.8) is 0 Å². The number of aromatic nitrogens is 4. The molecule has 8 nitrogen and oxygen atoms in total. The number of likely N-dealkylation sites (tertiary alicyclic amines) is 2. The van der Waals surface area contributed by atoms with Crippen LogP contribution in [0.15, 0.2) is 23.0 Å². The molecular formula is C23H30N6O2. The molecule has 0 spiro atoms. The van der Waals surface area contributed by atoms with Crippen LogP contribution in [-0.2, 0) is 6.42 Å². The molecule has 2 saturated heterocycles. The summed E-state index contributed by atoms with van der Waals surface area (Å²) in [7, 11) is 0. The Kier molecular flexibility index (Phi) is 5.48. The molecule has 1 N–H and O–H groups in total. The fourth-order valence-electron chi connectivity index (χ4n) is 5.14. The zero-order chi connectivity index (χ0) is 21.4. The Morgan fingerprint density at radius 3 is 2.61 bits per heavy atom. The number of benzene rings is 1. The molecular weight excluding hydrogens is 392 g/mol. The van der Waals surface area contributed by atoms with Crippen LogP contribution in [0.3, 0.4) is 0 Å². The third-order valence-corrected chi connectivity index (χ3v) is 6.80. The van der Waals surface area contributed by atoms with Gasteiger partial charge in [-0.2, -0.15) is 0 Å². The van der Waals surface area contributed by atoms with E-state index < -0.39 is 0 Å². The predicted molar refractivity (Wildman–Crippen MR) is 119 cm³/mol. The van der Waals surface area contributed by atoms with Crippen LogP contribution in [-0.4, -0.2) is 67.5 Å². The Bertz CT molecular complexity index is 1150. The molecule has 4 heterocycles. The molecule has 2 fully saturated rings. The van der Waals surface area contributed by atoms with E-state index in [1.165, 1.54) is 32.4 Å².